The largest absolute Gasteiger partial charge is 0.321 e. The normalized spacial score (nSPS) is 14.2. The lowest BCUT2D eigenvalue weighted by Crippen LogP contribution is -2.35. The van der Waals surface area contributed by atoms with Crippen molar-refractivity contribution in [2.75, 3.05) is 0 Å². The van der Waals surface area contributed by atoms with E-state index >= 15 is 0 Å². The number of benzene rings is 2. The number of halogens is 2. The fourth-order valence-corrected chi connectivity index (χ4v) is 2.44. The molecule has 2 rings (SSSR count). The van der Waals surface area contributed by atoms with Gasteiger partial charge < -0.3 is 5.73 Å². The average molecular weight is 264 g/mol. The van der Waals surface area contributed by atoms with Crippen LogP contribution in [0.15, 0.2) is 48.5 Å². The molecule has 1 nitrogen and oxygen atoms in total. The van der Waals surface area contributed by atoms with Crippen LogP contribution in [0.2, 0.25) is 5.02 Å². The van der Waals surface area contributed by atoms with Crippen LogP contribution in [-0.2, 0) is 12.0 Å². The Kier molecular flexibility index (Phi) is 3.69. The first-order valence-electron chi connectivity index (χ1n) is 5.77. The van der Waals surface area contributed by atoms with E-state index in [9.17, 15) is 4.39 Å². The van der Waals surface area contributed by atoms with E-state index in [1.165, 1.54) is 12.1 Å². The monoisotopic (exact) mass is 263 g/mol. The van der Waals surface area contributed by atoms with Gasteiger partial charge in [-0.05, 0) is 42.7 Å². The lowest BCUT2D eigenvalue weighted by atomic mass is 9.86. The zero-order chi connectivity index (χ0) is 13.2. The van der Waals surface area contributed by atoms with Gasteiger partial charge in [-0.1, -0.05) is 41.9 Å². The van der Waals surface area contributed by atoms with E-state index in [1.807, 2.05) is 37.3 Å². The molecule has 2 N–H and O–H groups in total. The van der Waals surface area contributed by atoms with Gasteiger partial charge >= 0.3 is 0 Å². The van der Waals surface area contributed by atoms with Gasteiger partial charge in [0.2, 0.25) is 0 Å². The minimum Gasteiger partial charge on any atom is -0.321 e. The van der Waals surface area contributed by atoms with Crippen molar-refractivity contribution in [2.45, 2.75) is 18.9 Å². The van der Waals surface area contributed by atoms with Crippen LogP contribution in [0, 0.1) is 5.82 Å². The van der Waals surface area contributed by atoms with Crippen molar-refractivity contribution in [1.29, 1.82) is 0 Å². The first-order chi connectivity index (χ1) is 8.49. The first-order valence-corrected chi connectivity index (χ1v) is 6.15. The molecule has 94 valence electrons. The van der Waals surface area contributed by atoms with Gasteiger partial charge in [-0.25, -0.2) is 4.39 Å². The van der Waals surface area contributed by atoms with Crippen molar-refractivity contribution in [1.82, 2.24) is 0 Å². The topological polar surface area (TPSA) is 26.0 Å². The summed E-state index contributed by atoms with van der Waals surface area (Å²) in [6.07, 6.45) is 0.536. The maximum absolute atomic E-state index is 13.2. The maximum Gasteiger partial charge on any atom is 0.123 e. The van der Waals surface area contributed by atoms with Crippen LogP contribution in [0.3, 0.4) is 0 Å². The highest BCUT2D eigenvalue weighted by atomic mass is 35.5. The molecule has 2 aromatic rings. The van der Waals surface area contributed by atoms with E-state index in [4.69, 9.17) is 17.3 Å². The summed E-state index contributed by atoms with van der Waals surface area (Å²) in [6.45, 7) is 1.90. The molecule has 0 aromatic heterocycles. The molecule has 0 heterocycles. The highest BCUT2D eigenvalue weighted by molar-refractivity contribution is 6.31. The second kappa shape index (κ2) is 5.09. The minimum absolute atomic E-state index is 0.248. The number of nitrogens with two attached hydrogens (primary N) is 1. The quantitative estimate of drug-likeness (QED) is 0.893. The van der Waals surface area contributed by atoms with Gasteiger partial charge in [0.25, 0.3) is 0 Å². The third-order valence-electron chi connectivity index (χ3n) is 2.95. The lowest BCUT2D eigenvalue weighted by molar-refractivity contribution is 0.490. The van der Waals surface area contributed by atoms with E-state index in [1.54, 1.807) is 6.07 Å². The van der Waals surface area contributed by atoms with Crippen LogP contribution in [0.4, 0.5) is 4.39 Å². The standard InChI is InChI=1S/C15H15ClFN/c1-15(18,13-7-2-3-8-14(13)16)10-11-5-4-6-12(17)9-11/h2-9H,10,18H2,1H3. The van der Waals surface area contributed by atoms with Crippen molar-refractivity contribution in [3.8, 4) is 0 Å². The molecule has 0 aliphatic rings. The fourth-order valence-electron chi connectivity index (χ4n) is 2.09. The lowest BCUT2D eigenvalue weighted by Gasteiger charge is -2.26. The maximum atomic E-state index is 13.2. The predicted octanol–water partition coefficient (Wildman–Crippen LogP) is 3.90. The summed E-state index contributed by atoms with van der Waals surface area (Å²) in [5, 5.41) is 0.638. The van der Waals surface area contributed by atoms with Crippen LogP contribution in [-0.4, -0.2) is 0 Å². The van der Waals surface area contributed by atoms with Gasteiger partial charge in [0.05, 0.1) is 0 Å². The van der Waals surface area contributed by atoms with Crippen LogP contribution >= 0.6 is 11.6 Å². The molecule has 0 aliphatic heterocycles. The van der Waals surface area contributed by atoms with Crippen molar-refractivity contribution >= 4 is 11.6 Å². The van der Waals surface area contributed by atoms with E-state index < -0.39 is 5.54 Å². The van der Waals surface area contributed by atoms with Crippen LogP contribution in [0.25, 0.3) is 0 Å². The Labute approximate surface area is 111 Å². The summed E-state index contributed by atoms with van der Waals surface area (Å²) in [7, 11) is 0. The second-order valence-electron chi connectivity index (χ2n) is 4.70. The molecule has 0 bridgehead atoms. The van der Waals surface area contributed by atoms with Gasteiger partial charge in [-0.15, -0.1) is 0 Å². The summed E-state index contributed by atoms with van der Waals surface area (Å²) in [4.78, 5) is 0. The minimum atomic E-state index is -0.619. The molecule has 1 atom stereocenters. The molecular weight excluding hydrogens is 249 g/mol. The van der Waals surface area contributed by atoms with Crippen LogP contribution < -0.4 is 5.73 Å². The molecule has 0 saturated carbocycles. The second-order valence-corrected chi connectivity index (χ2v) is 5.11. The van der Waals surface area contributed by atoms with E-state index in [0.29, 0.717) is 11.4 Å². The third-order valence-corrected chi connectivity index (χ3v) is 3.28. The summed E-state index contributed by atoms with van der Waals surface area (Å²) < 4.78 is 13.2. The number of rotatable bonds is 3. The Balaban J connectivity index is 2.30. The molecule has 0 saturated heterocycles. The Morgan fingerprint density at radius 1 is 1.17 bits per heavy atom. The van der Waals surface area contributed by atoms with Crippen LogP contribution in [0.1, 0.15) is 18.1 Å². The smallest absolute Gasteiger partial charge is 0.123 e. The Morgan fingerprint density at radius 2 is 1.89 bits per heavy atom. The highest BCUT2D eigenvalue weighted by Gasteiger charge is 2.24. The van der Waals surface area contributed by atoms with Gasteiger partial charge in [-0.3, -0.25) is 0 Å². The molecule has 18 heavy (non-hydrogen) atoms. The Hall–Kier alpha value is -1.38. The zero-order valence-electron chi connectivity index (χ0n) is 10.2. The number of hydrogen-bond donors (Lipinski definition) is 1. The highest BCUT2D eigenvalue weighted by Crippen LogP contribution is 2.28. The van der Waals surface area contributed by atoms with E-state index in [0.717, 1.165) is 11.1 Å². The zero-order valence-corrected chi connectivity index (χ0v) is 10.9. The summed E-state index contributed by atoms with van der Waals surface area (Å²) >= 11 is 6.15. The molecule has 3 heteroatoms. The number of hydrogen-bond acceptors (Lipinski definition) is 1. The third kappa shape index (κ3) is 2.89. The van der Waals surface area contributed by atoms with Gasteiger partial charge in [-0.2, -0.15) is 0 Å². The SMILES string of the molecule is CC(N)(Cc1cccc(F)c1)c1ccccc1Cl. The van der Waals surface area contributed by atoms with Crippen molar-refractivity contribution in [2.24, 2.45) is 5.73 Å². The molecular formula is C15H15ClFN. The Morgan fingerprint density at radius 3 is 2.56 bits per heavy atom. The molecule has 0 spiro atoms. The molecule has 0 fully saturated rings. The molecule has 0 radical (unpaired) electrons. The van der Waals surface area contributed by atoms with E-state index in [-0.39, 0.29) is 5.82 Å². The molecule has 0 amide bonds. The van der Waals surface area contributed by atoms with Crippen molar-refractivity contribution < 1.29 is 4.39 Å². The summed E-state index contributed by atoms with van der Waals surface area (Å²) in [6, 6.07) is 14.0. The first kappa shape index (κ1) is 13.1. The summed E-state index contributed by atoms with van der Waals surface area (Å²) in [5.74, 6) is -0.248. The average Bonchev–Trinajstić information content (AvgIpc) is 2.28. The van der Waals surface area contributed by atoms with Crippen molar-refractivity contribution in [3.05, 3.63) is 70.5 Å². The van der Waals surface area contributed by atoms with Gasteiger partial charge in [0.15, 0.2) is 0 Å². The summed E-state index contributed by atoms with van der Waals surface area (Å²) in [5.41, 5.74) is 7.43. The van der Waals surface area contributed by atoms with Crippen LogP contribution in [0.5, 0.6) is 0 Å². The molecule has 0 aliphatic carbocycles. The van der Waals surface area contributed by atoms with Gasteiger partial charge in [0, 0.05) is 10.6 Å². The fraction of sp³-hybridized carbons (Fsp3) is 0.200. The van der Waals surface area contributed by atoms with E-state index in [2.05, 4.69) is 0 Å². The van der Waals surface area contributed by atoms with Crippen molar-refractivity contribution in [3.63, 3.8) is 0 Å². The molecule has 2 aromatic carbocycles. The Bertz CT molecular complexity index is 552. The predicted molar refractivity (Wildman–Crippen MR) is 73.1 cm³/mol. The van der Waals surface area contributed by atoms with Gasteiger partial charge in [0.1, 0.15) is 5.82 Å². The molecule has 1 unspecified atom stereocenters.